The van der Waals surface area contributed by atoms with Gasteiger partial charge in [0.2, 0.25) is 0 Å². The molecule has 1 atom stereocenters. The minimum atomic E-state index is -0.621. The van der Waals surface area contributed by atoms with Gasteiger partial charge >= 0.3 is 0 Å². The maximum Gasteiger partial charge on any atom is 0.142 e. The molecule has 0 radical (unpaired) electrons. The summed E-state index contributed by atoms with van der Waals surface area (Å²) in [6.45, 7) is 4.73. The molecule has 3 aliphatic carbocycles. The van der Waals surface area contributed by atoms with E-state index in [1.165, 1.54) is 55.6 Å². The number of rotatable bonds is 6. The van der Waals surface area contributed by atoms with Gasteiger partial charge in [0.1, 0.15) is 11.2 Å². The summed E-state index contributed by atoms with van der Waals surface area (Å²) in [6, 6.07) is 67.5. The van der Waals surface area contributed by atoms with Crippen molar-refractivity contribution in [3.05, 3.63) is 245 Å². The zero-order chi connectivity index (χ0) is 40.0. The van der Waals surface area contributed by atoms with Gasteiger partial charge in [-0.05, 0) is 86.8 Å². The summed E-state index contributed by atoms with van der Waals surface area (Å²) in [5, 5.41) is 2.20. The fraction of sp³-hybridized carbons (Fsp3) is 0.103. The van der Waals surface area contributed by atoms with Crippen LogP contribution in [0.1, 0.15) is 65.1 Å². The Morgan fingerprint density at radius 2 is 1.17 bits per heavy atom. The molecule has 1 unspecified atom stereocenters. The van der Waals surface area contributed by atoms with Crippen LogP contribution in [0.25, 0.3) is 44.2 Å². The van der Waals surface area contributed by atoms with E-state index in [0.29, 0.717) is 5.92 Å². The predicted octanol–water partition coefficient (Wildman–Crippen LogP) is 15.3. The average Bonchev–Trinajstić information content (AvgIpc) is 3.92. The Bertz CT molecular complexity index is 3170. The number of nitrogens with zero attached hydrogens (tertiary/aromatic N) is 1. The molecule has 0 saturated heterocycles. The molecule has 0 spiro atoms. The van der Waals surface area contributed by atoms with Crippen molar-refractivity contribution in [3.63, 3.8) is 0 Å². The predicted molar refractivity (Wildman–Crippen MR) is 249 cm³/mol. The van der Waals surface area contributed by atoms with E-state index in [1.807, 2.05) is 0 Å². The van der Waals surface area contributed by atoms with Crippen molar-refractivity contribution < 1.29 is 4.42 Å². The Hall–Kier alpha value is -7.16. The van der Waals surface area contributed by atoms with Crippen LogP contribution in [0.3, 0.4) is 0 Å². The van der Waals surface area contributed by atoms with E-state index in [9.17, 15) is 0 Å². The number of allylic oxidation sites excluding steroid dienone is 4. The van der Waals surface area contributed by atoms with Crippen LogP contribution >= 0.6 is 0 Å². The van der Waals surface area contributed by atoms with Gasteiger partial charge in [-0.1, -0.05) is 190 Å². The zero-order valence-electron chi connectivity index (χ0n) is 33.8. The first-order valence-corrected chi connectivity index (χ1v) is 21.2. The number of hydrogen-bond donors (Lipinski definition) is 0. The Morgan fingerprint density at radius 1 is 0.517 bits per heavy atom. The van der Waals surface area contributed by atoms with Gasteiger partial charge in [-0.2, -0.15) is 0 Å². The summed E-state index contributed by atoms with van der Waals surface area (Å²) in [7, 11) is 0. The molecule has 9 aromatic rings. The SMILES string of the molecule is CC1(C)c2ccccc2-c2c(N(c3ccc(C4C=CC=CC4)cc3)c3ccc(C4(c5ccccc5)c5ccccc5-c5ccccc54)c4oc5ccccc5c34)cccc21. The van der Waals surface area contributed by atoms with E-state index < -0.39 is 5.41 Å². The van der Waals surface area contributed by atoms with Crippen LogP contribution in [0, 0.1) is 0 Å². The number of benzene rings is 8. The van der Waals surface area contributed by atoms with Gasteiger partial charge in [-0.25, -0.2) is 0 Å². The molecule has 0 saturated carbocycles. The fourth-order valence-electron chi connectivity index (χ4n) is 11.0. The van der Waals surface area contributed by atoms with Crippen LogP contribution in [-0.2, 0) is 10.8 Å². The van der Waals surface area contributed by atoms with Crippen molar-refractivity contribution in [1.29, 1.82) is 0 Å². The van der Waals surface area contributed by atoms with E-state index in [-0.39, 0.29) is 5.41 Å². The van der Waals surface area contributed by atoms with Crippen LogP contribution in [0.15, 0.2) is 211 Å². The molecule has 3 aliphatic rings. The van der Waals surface area contributed by atoms with Crippen molar-refractivity contribution >= 4 is 39.0 Å². The second kappa shape index (κ2) is 13.2. The van der Waals surface area contributed by atoms with E-state index in [4.69, 9.17) is 4.42 Å². The lowest BCUT2D eigenvalue weighted by atomic mass is 9.67. The average molecular weight is 770 g/mol. The Labute approximate surface area is 351 Å². The maximum atomic E-state index is 7.27. The Balaban J connectivity index is 1.18. The number of para-hydroxylation sites is 1. The van der Waals surface area contributed by atoms with E-state index in [0.717, 1.165) is 51.0 Å². The van der Waals surface area contributed by atoms with Gasteiger partial charge < -0.3 is 9.32 Å². The van der Waals surface area contributed by atoms with Gasteiger partial charge in [0, 0.05) is 33.5 Å². The molecule has 8 aromatic carbocycles. The monoisotopic (exact) mass is 769 g/mol. The quantitative estimate of drug-likeness (QED) is 0.167. The smallest absolute Gasteiger partial charge is 0.142 e. The summed E-state index contributed by atoms with van der Waals surface area (Å²) >= 11 is 0. The molecule has 1 heterocycles. The number of hydrogen-bond acceptors (Lipinski definition) is 2. The lowest BCUT2D eigenvalue weighted by Gasteiger charge is -2.35. The molecule has 2 heteroatoms. The molecule has 286 valence electrons. The third kappa shape index (κ3) is 4.82. The Kier molecular flexibility index (Phi) is 7.65. The van der Waals surface area contributed by atoms with Crippen molar-refractivity contribution in [2.75, 3.05) is 4.90 Å². The van der Waals surface area contributed by atoms with Crippen molar-refractivity contribution in [2.45, 2.75) is 37.0 Å². The Morgan fingerprint density at radius 3 is 1.90 bits per heavy atom. The van der Waals surface area contributed by atoms with Crippen molar-refractivity contribution in [3.8, 4) is 22.3 Å². The molecule has 0 fully saturated rings. The molecule has 60 heavy (non-hydrogen) atoms. The van der Waals surface area contributed by atoms with E-state index in [1.54, 1.807) is 0 Å². The number of furan rings is 1. The van der Waals surface area contributed by atoms with Gasteiger partial charge in [-0.15, -0.1) is 0 Å². The third-order valence-corrected chi connectivity index (χ3v) is 13.7. The van der Waals surface area contributed by atoms with E-state index >= 15 is 0 Å². The van der Waals surface area contributed by atoms with Gasteiger partial charge in [0.15, 0.2) is 0 Å². The van der Waals surface area contributed by atoms with Gasteiger partial charge in [-0.3, -0.25) is 0 Å². The van der Waals surface area contributed by atoms with Crippen LogP contribution in [0.4, 0.5) is 17.1 Å². The molecule has 0 amide bonds. The number of anilines is 3. The van der Waals surface area contributed by atoms with Crippen LogP contribution in [0.5, 0.6) is 0 Å². The fourth-order valence-corrected chi connectivity index (χ4v) is 11.0. The minimum Gasteiger partial charge on any atom is -0.456 e. The summed E-state index contributed by atoms with van der Waals surface area (Å²) in [6.07, 6.45) is 9.92. The highest BCUT2D eigenvalue weighted by atomic mass is 16.3. The van der Waals surface area contributed by atoms with Crippen LogP contribution in [-0.4, -0.2) is 0 Å². The highest BCUT2D eigenvalue weighted by Crippen LogP contribution is 2.60. The maximum absolute atomic E-state index is 7.27. The molecular weight excluding hydrogens is 727 g/mol. The molecule has 0 aliphatic heterocycles. The minimum absolute atomic E-state index is 0.148. The molecule has 2 nitrogen and oxygen atoms in total. The first-order chi connectivity index (χ1) is 29.5. The highest BCUT2D eigenvalue weighted by molar-refractivity contribution is 6.16. The molecule has 0 bridgehead atoms. The van der Waals surface area contributed by atoms with Crippen LogP contribution < -0.4 is 4.90 Å². The summed E-state index contributed by atoms with van der Waals surface area (Å²) in [5.41, 5.74) is 18.4. The van der Waals surface area contributed by atoms with Gasteiger partial charge in [0.05, 0.1) is 22.2 Å². The molecule has 0 N–H and O–H groups in total. The normalized spacial score (nSPS) is 16.4. The standard InChI is InChI=1S/C58H43NO/c1-57(2)46-26-13-11-24-44(46)54-49(57)29-17-30-51(54)59(41-34-32-39(33-35-41)38-18-5-3-6-19-38)52-37-36-50(56-55(52)45-25-12-16-31-53(45)60-56)58(40-20-7-4-8-21-40)47-27-14-9-22-42(47)43-23-10-15-28-48(43)58/h3-18,20-38H,19H2,1-2H3. The summed E-state index contributed by atoms with van der Waals surface area (Å²) in [5.74, 6) is 0.362. The highest BCUT2D eigenvalue weighted by Gasteiger charge is 2.48. The topological polar surface area (TPSA) is 16.4 Å². The third-order valence-electron chi connectivity index (χ3n) is 13.7. The summed E-state index contributed by atoms with van der Waals surface area (Å²) in [4.78, 5) is 2.51. The van der Waals surface area contributed by atoms with Gasteiger partial charge in [0.25, 0.3) is 0 Å². The van der Waals surface area contributed by atoms with Crippen molar-refractivity contribution in [1.82, 2.24) is 0 Å². The second-order valence-corrected chi connectivity index (χ2v) is 17.1. The lowest BCUT2D eigenvalue weighted by molar-refractivity contribution is 0.648. The zero-order valence-corrected chi connectivity index (χ0v) is 33.8. The first-order valence-electron chi connectivity index (χ1n) is 21.2. The lowest BCUT2D eigenvalue weighted by Crippen LogP contribution is -2.29. The second-order valence-electron chi connectivity index (χ2n) is 17.1. The number of fused-ring (bicyclic) bond motifs is 9. The first kappa shape index (κ1) is 34.8. The van der Waals surface area contributed by atoms with E-state index in [2.05, 4.69) is 225 Å². The summed E-state index contributed by atoms with van der Waals surface area (Å²) < 4.78 is 7.27. The molecular formula is C58H43NO. The largest absolute Gasteiger partial charge is 0.456 e. The molecule has 12 rings (SSSR count). The van der Waals surface area contributed by atoms with Crippen molar-refractivity contribution in [2.24, 2.45) is 0 Å². The molecule has 1 aromatic heterocycles. The van der Waals surface area contributed by atoms with Crippen LogP contribution in [0.2, 0.25) is 0 Å².